The van der Waals surface area contributed by atoms with Gasteiger partial charge in [0.2, 0.25) is 27.6 Å². The smallest absolute Gasteiger partial charge is 0.237 e. The molecule has 2 aromatic rings. The highest BCUT2D eigenvalue weighted by Crippen LogP contribution is 2.21. The second kappa shape index (κ2) is 8.09. The minimum absolute atomic E-state index is 0.150. The predicted octanol–water partition coefficient (Wildman–Crippen LogP) is 0.199. The molecule has 27 heavy (non-hydrogen) atoms. The van der Waals surface area contributed by atoms with Crippen molar-refractivity contribution in [2.75, 3.05) is 32.9 Å². The first kappa shape index (κ1) is 19.4. The Bertz CT molecular complexity index is 885. The SMILES string of the molecule is CN(CC(=O)N1CCC[C@H](Cc2nc(-c3cnccn3)no2)C1)S(C)(=O)=O. The molecule has 0 unspecified atom stereocenters. The Morgan fingerprint density at radius 1 is 1.41 bits per heavy atom. The molecule has 146 valence electrons. The largest absolute Gasteiger partial charge is 0.341 e. The minimum atomic E-state index is -3.38. The summed E-state index contributed by atoms with van der Waals surface area (Å²) in [5, 5.41) is 3.93. The summed E-state index contributed by atoms with van der Waals surface area (Å²) in [6, 6.07) is 0. The number of rotatable bonds is 6. The van der Waals surface area contributed by atoms with Crippen molar-refractivity contribution >= 4 is 15.9 Å². The van der Waals surface area contributed by atoms with Gasteiger partial charge in [0.25, 0.3) is 0 Å². The summed E-state index contributed by atoms with van der Waals surface area (Å²) < 4.78 is 29.4. The molecule has 10 nitrogen and oxygen atoms in total. The molecule has 3 heterocycles. The van der Waals surface area contributed by atoms with Crippen LogP contribution >= 0.6 is 0 Å². The second-order valence-electron chi connectivity index (χ2n) is 6.67. The zero-order valence-corrected chi connectivity index (χ0v) is 16.1. The van der Waals surface area contributed by atoms with Crippen molar-refractivity contribution < 1.29 is 17.7 Å². The highest BCUT2D eigenvalue weighted by atomic mass is 32.2. The molecule has 1 amide bonds. The molecule has 0 spiro atoms. The van der Waals surface area contributed by atoms with Crippen molar-refractivity contribution in [1.29, 1.82) is 0 Å². The first-order valence-electron chi connectivity index (χ1n) is 8.61. The van der Waals surface area contributed by atoms with Crippen LogP contribution in [-0.4, -0.2) is 76.6 Å². The zero-order chi connectivity index (χ0) is 19.4. The van der Waals surface area contributed by atoms with E-state index in [-0.39, 0.29) is 18.4 Å². The Kier molecular flexibility index (Phi) is 5.80. The standard InChI is InChI=1S/C16H22N6O4S/c1-21(27(2,24)25)11-15(23)22-7-3-4-12(10-22)8-14-19-16(20-26-14)13-9-17-5-6-18-13/h5-6,9,12H,3-4,7-8,10-11H2,1-2H3/t12-/m1/s1. The molecule has 2 aromatic heterocycles. The Morgan fingerprint density at radius 3 is 2.93 bits per heavy atom. The molecule has 11 heteroatoms. The van der Waals surface area contributed by atoms with Crippen molar-refractivity contribution in [1.82, 2.24) is 29.3 Å². The zero-order valence-electron chi connectivity index (χ0n) is 15.3. The maximum absolute atomic E-state index is 12.4. The quantitative estimate of drug-likeness (QED) is 0.681. The fourth-order valence-electron chi connectivity index (χ4n) is 2.97. The molecular formula is C16H22N6O4S. The molecule has 1 aliphatic rings. The normalized spacial score (nSPS) is 18.0. The Hall–Kier alpha value is -2.40. The maximum Gasteiger partial charge on any atom is 0.237 e. The van der Waals surface area contributed by atoms with E-state index in [9.17, 15) is 13.2 Å². The first-order valence-corrected chi connectivity index (χ1v) is 10.5. The minimum Gasteiger partial charge on any atom is -0.341 e. The summed E-state index contributed by atoms with van der Waals surface area (Å²) in [7, 11) is -1.98. The molecule has 1 aliphatic heterocycles. The number of piperidine rings is 1. The van der Waals surface area contributed by atoms with Crippen LogP contribution in [0.1, 0.15) is 18.7 Å². The third-order valence-electron chi connectivity index (χ3n) is 4.52. The van der Waals surface area contributed by atoms with Crippen LogP contribution in [0.5, 0.6) is 0 Å². The number of likely N-dealkylation sites (tertiary alicyclic amines) is 1. The maximum atomic E-state index is 12.4. The Balaban J connectivity index is 1.59. The average Bonchev–Trinajstić information content (AvgIpc) is 3.10. The van der Waals surface area contributed by atoms with Gasteiger partial charge in [-0.05, 0) is 18.8 Å². The second-order valence-corrected chi connectivity index (χ2v) is 8.76. The molecule has 1 atom stereocenters. The van der Waals surface area contributed by atoms with Crippen LogP contribution in [0, 0.1) is 5.92 Å². The third kappa shape index (κ3) is 5.07. The highest BCUT2D eigenvalue weighted by molar-refractivity contribution is 7.88. The molecule has 0 saturated carbocycles. The lowest BCUT2D eigenvalue weighted by atomic mass is 9.94. The summed E-state index contributed by atoms with van der Waals surface area (Å²) in [4.78, 5) is 26.6. The fourth-order valence-corrected chi connectivity index (χ4v) is 3.31. The number of aromatic nitrogens is 4. The summed E-state index contributed by atoms with van der Waals surface area (Å²) >= 11 is 0. The van der Waals surface area contributed by atoms with E-state index in [2.05, 4.69) is 20.1 Å². The summed E-state index contributed by atoms with van der Waals surface area (Å²) in [6.45, 7) is 1.02. The van der Waals surface area contributed by atoms with E-state index < -0.39 is 10.0 Å². The van der Waals surface area contributed by atoms with Crippen molar-refractivity contribution in [2.45, 2.75) is 19.3 Å². The number of carbonyl (C=O) groups excluding carboxylic acids is 1. The van der Waals surface area contributed by atoms with E-state index in [1.807, 2.05) is 0 Å². The number of likely N-dealkylation sites (N-methyl/N-ethyl adjacent to an activating group) is 1. The van der Waals surface area contributed by atoms with Crippen LogP contribution in [0.25, 0.3) is 11.5 Å². The van der Waals surface area contributed by atoms with Gasteiger partial charge in [0.1, 0.15) is 5.69 Å². The van der Waals surface area contributed by atoms with Crippen LogP contribution in [-0.2, 0) is 21.2 Å². The molecule has 3 rings (SSSR count). The van der Waals surface area contributed by atoms with Crippen molar-refractivity contribution in [3.8, 4) is 11.5 Å². The van der Waals surface area contributed by atoms with E-state index in [0.29, 0.717) is 36.9 Å². The van der Waals surface area contributed by atoms with Gasteiger partial charge in [0.15, 0.2) is 0 Å². The third-order valence-corrected chi connectivity index (χ3v) is 5.78. The van der Waals surface area contributed by atoms with E-state index in [1.165, 1.54) is 7.05 Å². The summed E-state index contributed by atoms with van der Waals surface area (Å²) in [5.74, 6) is 0.861. The van der Waals surface area contributed by atoms with Crippen LogP contribution in [0.2, 0.25) is 0 Å². The van der Waals surface area contributed by atoms with Crippen molar-refractivity contribution in [2.24, 2.45) is 5.92 Å². The first-order chi connectivity index (χ1) is 12.8. The van der Waals surface area contributed by atoms with Crippen molar-refractivity contribution in [3.05, 3.63) is 24.5 Å². The van der Waals surface area contributed by atoms with Gasteiger partial charge in [-0.25, -0.2) is 13.4 Å². The Labute approximate surface area is 157 Å². The van der Waals surface area contributed by atoms with Crippen molar-refractivity contribution in [3.63, 3.8) is 0 Å². The summed E-state index contributed by atoms with van der Waals surface area (Å²) in [5.41, 5.74) is 0.539. The Morgan fingerprint density at radius 2 is 2.22 bits per heavy atom. The lowest BCUT2D eigenvalue weighted by Crippen LogP contribution is -2.45. The van der Waals surface area contributed by atoms with Gasteiger partial charge in [-0.15, -0.1) is 0 Å². The van der Waals surface area contributed by atoms with Gasteiger partial charge in [0, 0.05) is 39.0 Å². The van der Waals surface area contributed by atoms with Gasteiger partial charge in [-0.1, -0.05) is 5.16 Å². The van der Waals surface area contributed by atoms with Gasteiger partial charge in [-0.2, -0.15) is 9.29 Å². The number of carbonyl (C=O) groups is 1. The fraction of sp³-hybridized carbons (Fsp3) is 0.562. The van der Waals surface area contributed by atoms with Gasteiger partial charge in [0.05, 0.1) is 19.0 Å². The van der Waals surface area contributed by atoms with Gasteiger partial charge in [-0.3, -0.25) is 9.78 Å². The number of nitrogens with zero attached hydrogens (tertiary/aromatic N) is 6. The molecule has 1 saturated heterocycles. The number of hydrogen-bond donors (Lipinski definition) is 0. The number of sulfonamides is 1. The monoisotopic (exact) mass is 394 g/mol. The summed E-state index contributed by atoms with van der Waals surface area (Å²) in [6.07, 6.45) is 8.12. The average molecular weight is 394 g/mol. The van der Waals surface area contributed by atoms with Gasteiger partial charge >= 0.3 is 0 Å². The molecule has 1 fully saturated rings. The topological polar surface area (TPSA) is 122 Å². The number of hydrogen-bond acceptors (Lipinski definition) is 8. The lowest BCUT2D eigenvalue weighted by molar-refractivity contribution is -0.133. The van der Waals surface area contributed by atoms with E-state index in [0.717, 1.165) is 23.4 Å². The van der Waals surface area contributed by atoms with Crippen LogP contribution in [0.15, 0.2) is 23.1 Å². The molecule has 0 aromatic carbocycles. The molecule has 0 aliphatic carbocycles. The highest BCUT2D eigenvalue weighted by Gasteiger charge is 2.27. The van der Waals surface area contributed by atoms with E-state index in [4.69, 9.17) is 4.52 Å². The molecular weight excluding hydrogens is 372 g/mol. The van der Waals surface area contributed by atoms with Crippen LogP contribution in [0.3, 0.4) is 0 Å². The van der Waals surface area contributed by atoms with Crippen LogP contribution < -0.4 is 0 Å². The molecule has 0 bridgehead atoms. The van der Waals surface area contributed by atoms with Gasteiger partial charge < -0.3 is 9.42 Å². The predicted molar refractivity (Wildman–Crippen MR) is 95.8 cm³/mol. The lowest BCUT2D eigenvalue weighted by Gasteiger charge is -2.33. The van der Waals surface area contributed by atoms with E-state index >= 15 is 0 Å². The molecule has 0 radical (unpaired) electrons. The molecule has 0 N–H and O–H groups in total. The van der Waals surface area contributed by atoms with Crippen LogP contribution in [0.4, 0.5) is 0 Å². The number of amides is 1. The van der Waals surface area contributed by atoms with E-state index in [1.54, 1.807) is 23.5 Å².